The van der Waals surface area contributed by atoms with E-state index >= 15 is 0 Å². The second-order valence-electron chi connectivity index (χ2n) is 7.11. The molecule has 1 fully saturated rings. The maximum absolute atomic E-state index is 13.4. The summed E-state index contributed by atoms with van der Waals surface area (Å²) < 4.78 is 39.2. The molecule has 2 aromatic rings. The number of aromatic nitrogens is 2. The van der Waals surface area contributed by atoms with Crippen molar-refractivity contribution in [2.45, 2.75) is 38.9 Å². The fourth-order valence-corrected chi connectivity index (χ4v) is 3.57. The van der Waals surface area contributed by atoms with Gasteiger partial charge in [0.05, 0.1) is 17.8 Å². The fraction of sp³-hybridized carbons (Fsp3) is 0.421. The quantitative estimate of drug-likeness (QED) is 0.763. The van der Waals surface area contributed by atoms with E-state index in [2.05, 4.69) is 10.3 Å². The first-order chi connectivity index (χ1) is 14.3. The molecule has 9 nitrogen and oxygen atoms in total. The Bertz CT molecular complexity index is 1010. The largest absolute Gasteiger partial charge is 0.491 e. The summed E-state index contributed by atoms with van der Waals surface area (Å²) in [5.41, 5.74) is 1.71. The van der Waals surface area contributed by atoms with Crippen LogP contribution in [0.5, 0.6) is 5.75 Å². The first-order valence-corrected chi connectivity index (χ1v) is 9.35. The van der Waals surface area contributed by atoms with Crippen molar-refractivity contribution >= 4 is 23.6 Å². The maximum Gasteiger partial charge on any atom is 0.416 e. The molecule has 4 rings (SSSR count). The number of carboxylic acid groups (broad SMARTS) is 1. The Morgan fingerprint density at radius 2 is 2.13 bits per heavy atom. The third-order valence-corrected chi connectivity index (χ3v) is 5.17. The molecular weight excluding hydrogens is 402 g/mol. The SMILES string of the molecule is Cc1c(N2C(=O)OC[C@H]2C(F)F)nc2n1CCOc1cc(N[C@@H](C)C(=O)O)ccc1-2. The molecule has 0 unspecified atom stereocenters. The highest BCUT2D eigenvalue weighted by molar-refractivity contribution is 5.90. The van der Waals surface area contributed by atoms with Crippen LogP contribution in [0.4, 0.5) is 25.1 Å². The monoisotopic (exact) mass is 422 g/mol. The topological polar surface area (TPSA) is 106 Å². The molecule has 1 saturated heterocycles. The minimum absolute atomic E-state index is 0.132. The Balaban J connectivity index is 1.74. The number of carboxylic acids is 1. The molecule has 2 aliphatic heterocycles. The Hall–Kier alpha value is -3.37. The van der Waals surface area contributed by atoms with E-state index in [0.29, 0.717) is 35.1 Å². The van der Waals surface area contributed by atoms with E-state index in [9.17, 15) is 18.4 Å². The normalized spacial score (nSPS) is 18.9. The number of ether oxygens (including phenoxy) is 2. The van der Waals surface area contributed by atoms with Crippen LogP contribution < -0.4 is 15.0 Å². The molecule has 11 heteroatoms. The van der Waals surface area contributed by atoms with Crippen molar-refractivity contribution in [3.8, 4) is 17.1 Å². The van der Waals surface area contributed by atoms with E-state index < -0.39 is 37.2 Å². The number of anilines is 2. The first-order valence-electron chi connectivity index (χ1n) is 9.35. The van der Waals surface area contributed by atoms with Crippen LogP contribution >= 0.6 is 0 Å². The Kier molecular flexibility index (Phi) is 4.96. The van der Waals surface area contributed by atoms with Gasteiger partial charge in [-0.25, -0.2) is 23.5 Å². The summed E-state index contributed by atoms with van der Waals surface area (Å²) in [4.78, 5) is 28.6. The number of imidazole rings is 1. The third-order valence-electron chi connectivity index (χ3n) is 5.17. The molecule has 2 atom stereocenters. The van der Waals surface area contributed by atoms with Crippen LogP contribution in [0.25, 0.3) is 11.4 Å². The van der Waals surface area contributed by atoms with E-state index in [0.717, 1.165) is 4.90 Å². The minimum atomic E-state index is -2.77. The van der Waals surface area contributed by atoms with Gasteiger partial charge in [0.2, 0.25) is 0 Å². The standard InChI is InChI=1S/C19H20F2N4O5/c1-9(18(26)27)22-11-3-4-12-14(7-11)29-6-5-24-10(2)16(23-17(12)24)25-13(15(20)21)8-30-19(25)28/h3-4,7,9,13,15,22H,5-6,8H2,1-2H3,(H,26,27)/t9-,13-/m0/s1. The fourth-order valence-electron chi connectivity index (χ4n) is 3.57. The number of rotatable bonds is 5. The summed E-state index contributed by atoms with van der Waals surface area (Å²) in [6, 6.07) is 2.88. The number of cyclic esters (lactones) is 1. The number of hydrogen-bond donors (Lipinski definition) is 2. The molecule has 30 heavy (non-hydrogen) atoms. The van der Waals surface area contributed by atoms with Crippen LogP contribution in [0.3, 0.4) is 0 Å². The second-order valence-corrected chi connectivity index (χ2v) is 7.11. The summed E-state index contributed by atoms with van der Waals surface area (Å²) in [6.45, 7) is 3.52. The van der Waals surface area contributed by atoms with Crippen molar-refractivity contribution in [1.82, 2.24) is 9.55 Å². The predicted octanol–water partition coefficient (Wildman–Crippen LogP) is 2.73. The zero-order valence-electron chi connectivity index (χ0n) is 16.3. The predicted molar refractivity (Wildman–Crippen MR) is 102 cm³/mol. The number of carbonyl (C=O) groups is 2. The lowest BCUT2D eigenvalue weighted by Crippen LogP contribution is -2.39. The number of carbonyl (C=O) groups excluding carboxylic acids is 1. The molecule has 0 bridgehead atoms. The van der Waals surface area contributed by atoms with Gasteiger partial charge in [-0.1, -0.05) is 0 Å². The van der Waals surface area contributed by atoms with Crippen LogP contribution in [0.2, 0.25) is 0 Å². The zero-order chi connectivity index (χ0) is 21.6. The highest BCUT2D eigenvalue weighted by Crippen LogP contribution is 2.38. The van der Waals surface area contributed by atoms with E-state index in [-0.39, 0.29) is 12.4 Å². The number of nitrogens with one attached hydrogen (secondary N) is 1. The van der Waals surface area contributed by atoms with E-state index in [1.54, 1.807) is 25.1 Å². The van der Waals surface area contributed by atoms with Gasteiger partial charge in [0.1, 0.15) is 36.9 Å². The Labute approximate surface area is 170 Å². The molecule has 3 heterocycles. The molecular formula is C19H20F2N4O5. The summed E-state index contributed by atoms with van der Waals surface area (Å²) >= 11 is 0. The minimum Gasteiger partial charge on any atom is -0.491 e. The number of hydrogen-bond acceptors (Lipinski definition) is 6. The molecule has 1 aromatic carbocycles. The average Bonchev–Trinajstić information content (AvgIpc) is 3.16. The van der Waals surface area contributed by atoms with Crippen LogP contribution in [0, 0.1) is 6.92 Å². The van der Waals surface area contributed by atoms with Gasteiger partial charge in [-0.15, -0.1) is 0 Å². The molecule has 1 aromatic heterocycles. The second kappa shape index (κ2) is 7.47. The van der Waals surface area contributed by atoms with Gasteiger partial charge < -0.3 is 24.5 Å². The maximum atomic E-state index is 13.4. The summed E-state index contributed by atoms with van der Waals surface area (Å²) in [5, 5.41) is 11.9. The van der Waals surface area contributed by atoms with E-state index in [1.165, 1.54) is 6.92 Å². The number of fused-ring (bicyclic) bond motifs is 3. The number of alkyl halides is 2. The summed E-state index contributed by atoms with van der Waals surface area (Å²) in [7, 11) is 0. The van der Waals surface area contributed by atoms with Gasteiger partial charge >= 0.3 is 12.1 Å². The molecule has 1 amide bonds. The Morgan fingerprint density at radius 1 is 1.37 bits per heavy atom. The van der Waals surface area contributed by atoms with Crippen molar-refractivity contribution in [3.05, 3.63) is 23.9 Å². The first kappa shape index (κ1) is 19.9. The van der Waals surface area contributed by atoms with Crippen molar-refractivity contribution in [2.75, 3.05) is 23.4 Å². The Morgan fingerprint density at radius 3 is 2.83 bits per heavy atom. The smallest absolute Gasteiger partial charge is 0.416 e. The number of nitrogens with zero attached hydrogens (tertiary/aromatic N) is 3. The molecule has 2 aliphatic rings. The number of amides is 1. The van der Waals surface area contributed by atoms with Gasteiger partial charge in [0, 0.05) is 11.8 Å². The van der Waals surface area contributed by atoms with Gasteiger partial charge in [-0.3, -0.25) is 4.79 Å². The highest BCUT2D eigenvalue weighted by atomic mass is 19.3. The zero-order valence-corrected chi connectivity index (χ0v) is 16.3. The average molecular weight is 422 g/mol. The molecule has 0 spiro atoms. The van der Waals surface area contributed by atoms with E-state index in [4.69, 9.17) is 14.6 Å². The number of aliphatic carboxylic acids is 1. The van der Waals surface area contributed by atoms with Crippen molar-refractivity contribution in [2.24, 2.45) is 0 Å². The molecule has 2 N–H and O–H groups in total. The van der Waals surface area contributed by atoms with Crippen LogP contribution in [-0.2, 0) is 16.1 Å². The summed E-state index contributed by atoms with van der Waals surface area (Å²) in [5.74, 6) is 0.0861. The van der Waals surface area contributed by atoms with Gasteiger partial charge in [0.15, 0.2) is 5.82 Å². The lowest BCUT2D eigenvalue weighted by Gasteiger charge is -2.19. The van der Waals surface area contributed by atoms with E-state index in [1.807, 2.05) is 4.57 Å². The number of benzene rings is 1. The van der Waals surface area contributed by atoms with Crippen LogP contribution in [0.1, 0.15) is 12.6 Å². The third kappa shape index (κ3) is 3.29. The summed E-state index contributed by atoms with van der Waals surface area (Å²) in [6.07, 6.45) is -3.62. The molecule has 0 saturated carbocycles. The van der Waals surface area contributed by atoms with Crippen molar-refractivity contribution in [3.63, 3.8) is 0 Å². The molecule has 160 valence electrons. The van der Waals surface area contributed by atoms with Crippen LogP contribution in [0.15, 0.2) is 18.2 Å². The van der Waals surface area contributed by atoms with Crippen LogP contribution in [-0.4, -0.2) is 58.4 Å². The van der Waals surface area contributed by atoms with Crippen molar-refractivity contribution in [1.29, 1.82) is 0 Å². The lowest BCUT2D eigenvalue weighted by atomic mass is 10.1. The molecule has 0 aliphatic carbocycles. The van der Waals surface area contributed by atoms with Gasteiger partial charge in [-0.2, -0.15) is 0 Å². The molecule has 0 radical (unpaired) electrons. The van der Waals surface area contributed by atoms with Gasteiger partial charge in [0.25, 0.3) is 6.43 Å². The van der Waals surface area contributed by atoms with Gasteiger partial charge in [-0.05, 0) is 26.0 Å². The highest BCUT2D eigenvalue weighted by Gasteiger charge is 2.43. The lowest BCUT2D eigenvalue weighted by molar-refractivity contribution is -0.137. The van der Waals surface area contributed by atoms with Crippen molar-refractivity contribution < 1.29 is 33.0 Å². The number of halogens is 2.